The lowest BCUT2D eigenvalue weighted by Crippen LogP contribution is -1.96. The number of nitrogens with two attached hydrogens (primary N) is 1. The van der Waals surface area contributed by atoms with Gasteiger partial charge in [0.1, 0.15) is 0 Å². The minimum Gasteiger partial charge on any atom is -0.469 e. The number of carbonyl (C=O) groups is 1. The van der Waals surface area contributed by atoms with Gasteiger partial charge < -0.3 is 10.5 Å². The summed E-state index contributed by atoms with van der Waals surface area (Å²) in [5.41, 5.74) is 7.00. The SMILES string of the molecule is COC(=O)CC=Cc1ccc(N)c(Cl)c1. The Kier molecular flexibility index (Phi) is 4.18. The van der Waals surface area contributed by atoms with Crippen molar-refractivity contribution >= 4 is 29.3 Å². The second-order valence-corrected chi connectivity index (χ2v) is 3.37. The molecule has 2 N–H and O–H groups in total. The molecule has 3 nitrogen and oxygen atoms in total. The molecule has 0 aliphatic carbocycles. The Morgan fingerprint density at radius 2 is 2.33 bits per heavy atom. The Bertz CT molecular complexity index is 388. The van der Waals surface area contributed by atoms with Gasteiger partial charge in [0.25, 0.3) is 0 Å². The molecule has 0 aliphatic heterocycles. The number of hydrogen-bond donors (Lipinski definition) is 1. The molecule has 15 heavy (non-hydrogen) atoms. The van der Waals surface area contributed by atoms with Crippen LogP contribution in [0.2, 0.25) is 5.02 Å². The van der Waals surface area contributed by atoms with E-state index in [1.807, 2.05) is 6.07 Å². The van der Waals surface area contributed by atoms with Crippen molar-refractivity contribution in [3.8, 4) is 0 Å². The van der Waals surface area contributed by atoms with Crippen molar-refractivity contribution < 1.29 is 9.53 Å². The normalized spacial score (nSPS) is 10.5. The maximum absolute atomic E-state index is 10.8. The zero-order chi connectivity index (χ0) is 11.3. The van der Waals surface area contributed by atoms with Crippen LogP contribution in [0.25, 0.3) is 6.08 Å². The minimum atomic E-state index is -0.271. The third kappa shape index (κ3) is 3.64. The van der Waals surface area contributed by atoms with E-state index in [-0.39, 0.29) is 12.4 Å². The first-order valence-corrected chi connectivity index (χ1v) is 4.79. The van der Waals surface area contributed by atoms with Gasteiger partial charge in [-0.3, -0.25) is 4.79 Å². The molecule has 0 saturated carbocycles. The fraction of sp³-hybridized carbons (Fsp3) is 0.182. The van der Waals surface area contributed by atoms with Gasteiger partial charge in [0.05, 0.1) is 24.2 Å². The second-order valence-electron chi connectivity index (χ2n) is 2.96. The van der Waals surface area contributed by atoms with E-state index in [2.05, 4.69) is 4.74 Å². The average Bonchev–Trinajstić information content (AvgIpc) is 2.23. The van der Waals surface area contributed by atoms with E-state index in [9.17, 15) is 4.79 Å². The van der Waals surface area contributed by atoms with Crippen molar-refractivity contribution in [3.05, 3.63) is 34.9 Å². The van der Waals surface area contributed by atoms with Crippen LogP contribution in [0, 0.1) is 0 Å². The molecule has 0 heterocycles. The number of anilines is 1. The van der Waals surface area contributed by atoms with Gasteiger partial charge in [-0.25, -0.2) is 0 Å². The summed E-state index contributed by atoms with van der Waals surface area (Å²) >= 11 is 5.83. The lowest BCUT2D eigenvalue weighted by atomic mass is 10.2. The quantitative estimate of drug-likeness (QED) is 0.635. The molecule has 1 rings (SSSR count). The highest BCUT2D eigenvalue weighted by Gasteiger charge is 1.97. The summed E-state index contributed by atoms with van der Waals surface area (Å²) in [4.78, 5) is 10.8. The van der Waals surface area contributed by atoms with Crippen molar-refractivity contribution in [2.45, 2.75) is 6.42 Å². The highest BCUT2D eigenvalue weighted by Crippen LogP contribution is 2.20. The molecule has 0 saturated heterocycles. The molecule has 1 aromatic carbocycles. The molecule has 0 fully saturated rings. The van der Waals surface area contributed by atoms with Gasteiger partial charge in [-0.1, -0.05) is 29.8 Å². The van der Waals surface area contributed by atoms with Gasteiger partial charge >= 0.3 is 5.97 Å². The first-order chi connectivity index (χ1) is 7.13. The molecule has 1 aromatic rings. The average molecular weight is 226 g/mol. The van der Waals surface area contributed by atoms with Gasteiger partial charge in [-0.05, 0) is 17.7 Å². The summed E-state index contributed by atoms with van der Waals surface area (Å²) in [6.45, 7) is 0. The van der Waals surface area contributed by atoms with Gasteiger partial charge in [0.2, 0.25) is 0 Å². The van der Waals surface area contributed by atoms with Crippen molar-refractivity contribution in [1.82, 2.24) is 0 Å². The monoisotopic (exact) mass is 225 g/mol. The fourth-order valence-electron chi connectivity index (χ4n) is 1.02. The molecular weight excluding hydrogens is 214 g/mol. The maximum Gasteiger partial charge on any atom is 0.309 e. The first kappa shape index (κ1) is 11.6. The van der Waals surface area contributed by atoms with Crippen molar-refractivity contribution in [3.63, 3.8) is 0 Å². The molecule has 4 heteroatoms. The molecular formula is C11H12ClNO2. The predicted molar refractivity (Wildman–Crippen MR) is 61.5 cm³/mol. The second kappa shape index (κ2) is 5.41. The van der Waals surface area contributed by atoms with E-state index in [1.54, 1.807) is 24.3 Å². The lowest BCUT2D eigenvalue weighted by Gasteiger charge is -1.98. The van der Waals surface area contributed by atoms with Gasteiger partial charge in [0, 0.05) is 0 Å². The summed E-state index contributed by atoms with van der Waals surface area (Å²) in [7, 11) is 1.36. The Morgan fingerprint density at radius 3 is 2.93 bits per heavy atom. The number of rotatable bonds is 3. The topological polar surface area (TPSA) is 52.3 Å². The Morgan fingerprint density at radius 1 is 1.60 bits per heavy atom. The van der Waals surface area contributed by atoms with Crippen molar-refractivity contribution in [2.75, 3.05) is 12.8 Å². The summed E-state index contributed by atoms with van der Waals surface area (Å²) in [5, 5.41) is 0.509. The molecule has 80 valence electrons. The number of halogens is 1. The Hall–Kier alpha value is -1.48. The van der Waals surface area contributed by atoms with Crippen LogP contribution in [0.15, 0.2) is 24.3 Å². The lowest BCUT2D eigenvalue weighted by molar-refractivity contribution is -0.139. The largest absolute Gasteiger partial charge is 0.469 e. The summed E-state index contributed by atoms with van der Waals surface area (Å²) < 4.78 is 4.49. The summed E-state index contributed by atoms with van der Waals surface area (Å²) in [6, 6.07) is 5.29. The molecule has 0 aliphatic rings. The Balaban J connectivity index is 2.65. The third-order valence-corrected chi connectivity index (χ3v) is 2.17. The molecule has 0 aromatic heterocycles. The number of carbonyl (C=O) groups excluding carboxylic acids is 1. The van der Waals surface area contributed by atoms with Crippen LogP contribution >= 0.6 is 11.6 Å². The highest BCUT2D eigenvalue weighted by molar-refractivity contribution is 6.33. The smallest absolute Gasteiger partial charge is 0.309 e. The van der Waals surface area contributed by atoms with E-state index in [1.165, 1.54) is 7.11 Å². The van der Waals surface area contributed by atoms with E-state index < -0.39 is 0 Å². The number of benzene rings is 1. The van der Waals surface area contributed by atoms with Crippen LogP contribution in [-0.4, -0.2) is 13.1 Å². The standard InChI is InChI=1S/C11H12ClNO2/c1-15-11(14)4-2-3-8-5-6-10(13)9(12)7-8/h2-3,5-7H,4,13H2,1H3. The molecule has 0 amide bonds. The third-order valence-electron chi connectivity index (χ3n) is 1.85. The number of nitrogen functional groups attached to an aromatic ring is 1. The summed E-state index contributed by atoms with van der Waals surface area (Å²) in [6.07, 6.45) is 3.76. The van der Waals surface area contributed by atoms with Crippen molar-refractivity contribution in [2.24, 2.45) is 0 Å². The van der Waals surface area contributed by atoms with Crippen LogP contribution in [-0.2, 0) is 9.53 Å². The van der Waals surface area contributed by atoms with Crippen LogP contribution in [0.4, 0.5) is 5.69 Å². The zero-order valence-corrected chi connectivity index (χ0v) is 9.12. The fourth-order valence-corrected chi connectivity index (χ4v) is 1.21. The summed E-state index contributed by atoms with van der Waals surface area (Å²) in [5.74, 6) is -0.271. The van der Waals surface area contributed by atoms with Crippen LogP contribution in [0.1, 0.15) is 12.0 Å². The number of methoxy groups -OCH3 is 1. The molecule has 0 unspecified atom stereocenters. The van der Waals surface area contributed by atoms with E-state index >= 15 is 0 Å². The number of hydrogen-bond acceptors (Lipinski definition) is 3. The van der Waals surface area contributed by atoms with E-state index in [4.69, 9.17) is 17.3 Å². The molecule has 0 atom stereocenters. The zero-order valence-electron chi connectivity index (χ0n) is 8.37. The van der Waals surface area contributed by atoms with Crippen LogP contribution in [0.5, 0.6) is 0 Å². The van der Waals surface area contributed by atoms with Gasteiger partial charge in [-0.15, -0.1) is 0 Å². The molecule has 0 bridgehead atoms. The minimum absolute atomic E-state index is 0.249. The molecule has 0 radical (unpaired) electrons. The first-order valence-electron chi connectivity index (χ1n) is 4.42. The number of ether oxygens (including phenoxy) is 1. The van der Waals surface area contributed by atoms with Crippen LogP contribution < -0.4 is 5.73 Å². The maximum atomic E-state index is 10.8. The van der Waals surface area contributed by atoms with E-state index in [0.29, 0.717) is 10.7 Å². The highest BCUT2D eigenvalue weighted by atomic mass is 35.5. The van der Waals surface area contributed by atoms with Gasteiger partial charge in [-0.2, -0.15) is 0 Å². The molecule has 0 spiro atoms. The predicted octanol–water partition coefficient (Wildman–Crippen LogP) is 2.50. The van der Waals surface area contributed by atoms with Crippen LogP contribution in [0.3, 0.4) is 0 Å². The Labute approximate surface area is 93.5 Å². The van der Waals surface area contributed by atoms with Crippen molar-refractivity contribution in [1.29, 1.82) is 0 Å². The van der Waals surface area contributed by atoms with Gasteiger partial charge in [0.15, 0.2) is 0 Å². The number of esters is 1. The van der Waals surface area contributed by atoms with E-state index in [0.717, 1.165) is 5.56 Å².